The van der Waals surface area contributed by atoms with Crippen molar-refractivity contribution in [3.63, 3.8) is 0 Å². The minimum absolute atomic E-state index is 0.00408. The van der Waals surface area contributed by atoms with Gasteiger partial charge in [-0.25, -0.2) is 4.39 Å². The first-order valence-corrected chi connectivity index (χ1v) is 11.5. The number of hydrogen-bond acceptors (Lipinski definition) is 6. The molecule has 0 aliphatic heterocycles. The van der Waals surface area contributed by atoms with Crippen LogP contribution in [0.3, 0.4) is 0 Å². The molecule has 0 aliphatic rings. The molecule has 3 rings (SSSR count). The van der Waals surface area contributed by atoms with Gasteiger partial charge in [-0.05, 0) is 53.1 Å². The molecule has 3 aromatic rings. The van der Waals surface area contributed by atoms with E-state index >= 15 is 0 Å². The minimum Gasteiger partial charge on any atom is -0.395 e. The van der Waals surface area contributed by atoms with E-state index in [9.17, 15) is 24.8 Å². The average molecular weight is 469 g/mol. The Morgan fingerprint density at radius 2 is 0.794 bits per heavy atom. The molecule has 0 aromatic heterocycles. The summed E-state index contributed by atoms with van der Waals surface area (Å²) in [6.07, 6.45) is 0. The predicted octanol–water partition coefficient (Wildman–Crippen LogP) is 2.59. The molecule has 3 aromatic carbocycles. The summed E-state index contributed by atoms with van der Waals surface area (Å²) in [7, 11) is 0. The highest BCUT2D eigenvalue weighted by Gasteiger charge is 2.18. The fraction of sp³-hybridized carbons (Fsp3) is 0.333. The molecule has 4 N–H and O–H groups in total. The number of hydrogen-bond donors (Lipinski definition) is 4. The molecule has 0 bridgehead atoms. The largest absolute Gasteiger partial charge is 0.395 e. The van der Waals surface area contributed by atoms with E-state index in [1.165, 1.54) is 12.1 Å². The lowest BCUT2D eigenvalue weighted by Gasteiger charge is -2.26. The standard InChI is InChI=1S/C27H33FN2O4/c28-24-7-1-21(2-8-24)27(22-3-9-25(10-4-22)29(13-17-31)14-18-32)23-5-11-26(12-6-23)30(15-19-33)16-20-34/h1-12,27,31-34H,13-20H2. The number of nitrogens with zero attached hydrogens (tertiary/aromatic N) is 2. The summed E-state index contributed by atoms with van der Waals surface area (Å²) in [5.74, 6) is -0.419. The maximum Gasteiger partial charge on any atom is 0.123 e. The van der Waals surface area contributed by atoms with Crippen LogP contribution in [-0.4, -0.2) is 73.0 Å². The molecule has 0 aliphatic carbocycles. The van der Waals surface area contributed by atoms with E-state index in [4.69, 9.17) is 0 Å². The second-order valence-corrected chi connectivity index (χ2v) is 8.04. The number of rotatable bonds is 13. The van der Waals surface area contributed by atoms with Crippen molar-refractivity contribution >= 4 is 11.4 Å². The van der Waals surface area contributed by atoms with Crippen LogP contribution in [0, 0.1) is 5.82 Å². The van der Waals surface area contributed by atoms with E-state index in [1.54, 1.807) is 12.1 Å². The first-order chi connectivity index (χ1) is 16.6. The van der Waals surface area contributed by atoms with Gasteiger partial charge in [0.25, 0.3) is 0 Å². The van der Waals surface area contributed by atoms with Gasteiger partial charge >= 0.3 is 0 Å². The molecule has 182 valence electrons. The van der Waals surface area contributed by atoms with Crippen LogP contribution in [0.15, 0.2) is 72.8 Å². The van der Waals surface area contributed by atoms with Crippen molar-refractivity contribution < 1.29 is 24.8 Å². The summed E-state index contributed by atoms with van der Waals surface area (Å²) in [5.41, 5.74) is 4.82. The highest BCUT2D eigenvalue weighted by Crippen LogP contribution is 2.34. The Bertz CT molecular complexity index is 910. The highest BCUT2D eigenvalue weighted by atomic mass is 19.1. The Morgan fingerprint density at radius 3 is 1.09 bits per heavy atom. The van der Waals surface area contributed by atoms with Gasteiger partial charge in [0, 0.05) is 43.5 Å². The lowest BCUT2D eigenvalue weighted by Crippen LogP contribution is -2.29. The van der Waals surface area contributed by atoms with Crippen molar-refractivity contribution in [2.45, 2.75) is 5.92 Å². The summed E-state index contributed by atoms with van der Waals surface area (Å²) in [6.45, 7) is 1.71. The van der Waals surface area contributed by atoms with Crippen LogP contribution in [0.5, 0.6) is 0 Å². The Labute approximate surface area is 200 Å². The maximum absolute atomic E-state index is 13.6. The van der Waals surface area contributed by atoms with Crippen LogP contribution in [0.1, 0.15) is 22.6 Å². The van der Waals surface area contributed by atoms with Gasteiger partial charge in [-0.1, -0.05) is 36.4 Å². The van der Waals surface area contributed by atoms with Gasteiger partial charge in [0.2, 0.25) is 0 Å². The molecule has 0 atom stereocenters. The number of benzene rings is 3. The van der Waals surface area contributed by atoms with Crippen LogP contribution in [0.2, 0.25) is 0 Å². The molecule has 0 amide bonds. The lowest BCUT2D eigenvalue weighted by atomic mass is 9.85. The van der Waals surface area contributed by atoms with Gasteiger partial charge in [-0.15, -0.1) is 0 Å². The Morgan fingerprint density at radius 1 is 0.500 bits per heavy atom. The maximum atomic E-state index is 13.6. The van der Waals surface area contributed by atoms with E-state index in [2.05, 4.69) is 0 Å². The molecule has 0 saturated carbocycles. The monoisotopic (exact) mass is 468 g/mol. The highest BCUT2D eigenvalue weighted by molar-refractivity contribution is 5.54. The molecule has 0 spiro atoms. The van der Waals surface area contributed by atoms with E-state index in [1.807, 2.05) is 58.3 Å². The van der Waals surface area contributed by atoms with Gasteiger partial charge in [0.1, 0.15) is 5.82 Å². The van der Waals surface area contributed by atoms with Crippen molar-refractivity contribution in [3.8, 4) is 0 Å². The number of halogens is 1. The Hall–Kier alpha value is -2.97. The van der Waals surface area contributed by atoms with Gasteiger partial charge in [-0.2, -0.15) is 0 Å². The SMILES string of the molecule is OCCN(CCO)c1ccc(C(c2ccc(F)cc2)c2ccc(N(CCO)CCO)cc2)cc1. The van der Waals surface area contributed by atoms with Crippen molar-refractivity contribution in [2.24, 2.45) is 0 Å². The average Bonchev–Trinajstić information content (AvgIpc) is 2.86. The zero-order valence-electron chi connectivity index (χ0n) is 19.2. The summed E-state index contributed by atoms with van der Waals surface area (Å²) >= 11 is 0. The van der Waals surface area contributed by atoms with Crippen molar-refractivity contribution in [1.82, 2.24) is 0 Å². The van der Waals surface area contributed by atoms with Crippen LogP contribution >= 0.6 is 0 Å². The second kappa shape index (κ2) is 13.1. The topological polar surface area (TPSA) is 87.4 Å². The number of aliphatic hydroxyl groups is 4. The first kappa shape index (κ1) is 25.6. The quantitative estimate of drug-likeness (QED) is 0.289. The summed E-state index contributed by atoms with van der Waals surface area (Å²) in [4.78, 5) is 3.84. The zero-order valence-corrected chi connectivity index (χ0v) is 19.2. The smallest absolute Gasteiger partial charge is 0.123 e. The predicted molar refractivity (Wildman–Crippen MR) is 133 cm³/mol. The first-order valence-electron chi connectivity index (χ1n) is 11.5. The fourth-order valence-electron chi connectivity index (χ4n) is 4.21. The summed E-state index contributed by atoms with van der Waals surface area (Å²) in [5, 5.41) is 37.3. The zero-order chi connectivity index (χ0) is 24.3. The van der Waals surface area contributed by atoms with Gasteiger partial charge < -0.3 is 30.2 Å². The third-order valence-corrected chi connectivity index (χ3v) is 5.87. The van der Waals surface area contributed by atoms with Crippen molar-refractivity contribution in [1.29, 1.82) is 0 Å². The van der Waals surface area contributed by atoms with Crippen LogP contribution < -0.4 is 9.80 Å². The normalized spacial score (nSPS) is 11.1. The molecule has 0 radical (unpaired) electrons. The molecule has 34 heavy (non-hydrogen) atoms. The summed E-state index contributed by atoms with van der Waals surface area (Å²) < 4.78 is 13.6. The van der Waals surface area contributed by atoms with Crippen LogP contribution in [0.4, 0.5) is 15.8 Å². The van der Waals surface area contributed by atoms with Gasteiger partial charge in [0.15, 0.2) is 0 Å². The molecule has 0 unspecified atom stereocenters. The van der Waals surface area contributed by atoms with E-state index in [-0.39, 0.29) is 38.2 Å². The van der Waals surface area contributed by atoms with Crippen LogP contribution in [0.25, 0.3) is 0 Å². The Kier molecular flexibility index (Phi) is 9.85. The lowest BCUT2D eigenvalue weighted by molar-refractivity contribution is 0.280. The minimum atomic E-state index is -0.291. The molecule has 6 nitrogen and oxygen atoms in total. The van der Waals surface area contributed by atoms with Gasteiger partial charge in [0.05, 0.1) is 26.4 Å². The molecular formula is C27H33FN2O4. The number of anilines is 2. The second-order valence-electron chi connectivity index (χ2n) is 8.04. The van der Waals surface area contributed by atoms with Crippen molar-refractivity contribution in [3.05, 3.63) is 95.3 Å². The van der Waals surface area contributed by atoms with Crippen molar-refractivity contribution in [2.75, 3.05) is 62.4 Å². The van der Waals surface area contributed by atoms with E-state index < -0.39 is 0 Å². The van der Waals surface area contributed by atoms with Gasteiger partial charge in [-0.3, -0.25) is 0 Å². The molecule has 7 heteroatoms. The molecule has 0 fully saturated rings. The fourth-order valence-corrected chi connectivity index (χ4v) is 4.21. The molecule has 0 saturated heterocycles. The number of aliphatic hydroxyl groups excluding tert-OH is 4. The molecule has 0 heterocycles. The van der Waals surface area contributed by atoms with E-state index in [0.717, 1.165) is 28.1 Å². The third kappa shape index (κ3) is 6.55. The van der Waals surface area contributed by atoms with Crippen LogP contribution in [-0.2, 0) is 0 Å². The Balaban J connectivity index is 1.96. The molecular weight excluding hydrogens is 435 g/mol. The van der Waals surface area contributed by atoms with E-state index in [0.29, 0.717) is 26.2 Å². The third-order valence-electron chi connectivity index (χ3n) is 5.87. The summed E-state index contributed by atoms with van der Waals surface area (Å²) in [6, 6.07) is 22.4.